The van der Waals surface area contributed by atoms with Crippen LogP contribution in [0.3, 0.4) is 0 Å². The highest BCUT2D eigenvalue weighted by Crippen LogP contribution is 2.30. The first-order valence-corrected chi connectivity index (χ1v) is 13.2. The molecule has 4 nitrogen and oxygen atoms in total. The van der Waals surface area contributed by atoms with Crippen molar-refractivity contribution in [2.24, 2.45) is 9.98 Å². The molecule has 194 valence electrons. The molecule has 0 aliphatic heterocycles. The molecule has 0 amide bonds. The molecule has 5 aromatic carbocycles. The summed E-state index contributed by atoms with van der Waals surface area (Å²) in [6.07, 6.45) is 0.286. The van der Waals surface area contributed by atoms with Crippen molar-refractivity contribution in [3.05, 3.63) is 168 Å². The van der Waals surface area contributed by atoms with Crippen LogP contribution in [0.15, 0.2) is 156 Å². The monoisotopic (exact) mass is 520 g/mol. The maximum absolute atomic E-state index is 13.2. The predicted octanol–water partition coefficient (Wildman–Crippen LogP) is 8.47. The van der Waals surface area contributed by atoms with E-state index in [-0.39, 0.29) is 24.4 Å². The van der Waals surface area contributed by atoms with Gasteiger partial charge in [0.15, 0.2) is 11.6 Å². The van der Waals surface area contributed by atoms with Crippen molar-refractivity contribution in [1.82, 2.24) is 0 Å². The SMILES string of the molecule is O=C(CC(=Nc1ccccc1N=C(CC(=O)c1ccccc1)c1ccccc1)c1ccccc1)c1ccccc1. The maximum atomic E-state index is 13.2. The second-order valence-corrected chi connectivity index (χ2v) is 9.27. The summed E-state index contributed by atoms with van der Waals surface area (Å²) in [5.41, 5.74) is 5.58. The molecule has 0 aromatic heterocycles. The van der Waals surface area contributed by atoms with Crippen LogP contribution in [0, 0.1) is 0 Å². The Morgan fingerprint density at radius 2 is 0.650 bits per heavy atom. The smallest absolute Gasteiger partial charge is 0.168 e. The summed E-state index contributed by atoms with van der Waals surface area (Å²) >= 11 is 0. The highest BCUT2D eigenvalue weighted by Gasteiger charge is 2.15. The third kappa shape index (κ3) is 6.80. The summed E-state index contributed by atoms with van der Waals surface area (Å²) in [5.74, 6) is -0.0229. The second kappa shape index (κ2) is 13.0. The van der Waals surface area contributed by atoms with E-state index < -0.39 is 0 Å². The van der Waals surface area contributed by atoms with Crippen LogP contribution in [-0.4, -0.2) is 23.0 Å². The van der Waals surface area contributed by atoms with Crippen LogP contribution in [-0.2, 0) is 0 Å². The third-order valence-corrected chi connectivity index (χ3v) is 6.45. The second-order valence-electron chi connectivity index (χ2n) is 9.27. The summed E-state index contributed by atoms with van der Waals surface area (Å²) in [5, 5.41) is 0. The molecule has 0 bridgehead atoms. The van der Waals surface area contributed by atoms with Crippen LogP contribution in [0.1, 0.15) is 44.7 Å². The Labute approximate surface area is 234 Å². The number of carbonyl (C=O) groups is 2. The lowest BCUT2D eigenvalue weighted by Gasteiger charge is -2.11. The number of benzene rings is 5. The molecule has 0 radical (unpaired) electrons. The highest BCUT2D eigenvalue weighted by atomic mass is 16.1. The van der Waals surface area contributed by atoms with Crippen LogP contribution >= 0.6 is 0 Å². The minimum Gasteiger partial charge on any atom is -0.294 e. The van der Waals surface area contributed by atoms with Crippen LogP contribution < -0.4 is 0 Å². The van der Waals surface area contributed by atoms with E-state index in [0.29, 0.717) is 33.9 Å². The number of Topliss-reactive ketones (excluding diaryl/α,β-unsaturated/α-hetero) is 2. The van der Waals surface area contributed by atoms with Crippen LogP contribution in [0.5, 0.6) is 0 Å². The average molecular weight is 521 g/mol. The topological polar surface area (TPSA) is 58.9 Å². The fraction of sp³-hybridized carbons (Fsp3) is 0.0556. The van der Waals surface area contributed by atoms with Crippen molar-refractivity contribution < 1.29 is 9.59 Å². The number of hydrogen-bond acceptors (Lipinski definition) is 4. The number of hydrogen-bond donors (Lipinski definition) is 0. The van der Waals surface area contributed by atoms with E-state index in [1.54, 1.807) is 0 Å². The fourth-order valence-corrected chi connectivity index (χ4v) is 4.37. The fourth-order valence-electron chi connectivity index (χ4n) is 4.37. The van der Waals surface area contributed by atoms with Crippen molar-refractivity contribution in [3.8, 4) is 0 Å². The van der Waals surface area contributed by atoms with E-state index >= 15 is 0 Å². The Hall–Kier alpha value is -5.22. The minimum absolute atomic E-state index is 0.0115. The van der Waals surface area contributed by atoms with E-state index in [0.717, 1.165) is 11.1 Å². The predicted molar refractivity (Wildman–Crippen MR) is 162 cm³/mol. The molecule has 40 heavy (non-hydrogen) atoms. The third-order valence-electron chi connectivity index (χ3n) is 6.45. The van der Waals surface area contributed by atoms with Crippen molar-refractivity contribution in [3.63, 3.8) is 0 Å². The molecule has 4 heteroatoms. The molecule has 0 fully saturated rings. The number of carbonyl (C=O) groups excluding carboxylic acids is 2. The number of aliphatic imine (C=N–C) groups is 2. The van der Waals surface area contributed by atoms with Gasteiger partial charge in [-0.25, -0.2) is 0 Å². The van der Waals surface area contributed by atoms with Crippen LogP contribution in [0.25, 0.3) is 0 Å². The van der Waals surface area contributed by atoms with E-state index in [9.17, 15) is 9.59 Å². The minimum atomic E-state index is -0.0115. The molecule has 0 N–H and O–H groups in total. The van der Waals surface area contributed by atoms with E-state index in [4.69, 9.17) is 9.98 Å². The summed E-state index contributed by atoms with van der Waals surface area (Å²) in [6.45, 7) is 0. The molecule has 5 rings (SSSR count). The first-order valence-electron chi connectivity index (χ1n) is 13.2. The maximum Gasteiger partial charge on any atom is 0.168 e. The molecular weight excluding hydrogens is 492 g/mol. The highest BCUT2D eigenvalue weighted by molar-refractivity contribution is 6.18. The van der Waals surface area contributed by atoms with Gasteiger partial charge in [0.05, 0.1) is 35.6 Å². The van der Waals surface area contributed by atoms with Gasteiger partial charge in [0, 0.05) is 11.1 Å². The zero-order valence-corrected chi connectivity index (χ0v) is 22.0. The summed E-state index contributed by atoms with van der Waals surface area (Å²) in [7, 11) is 0. The number of para-hydroxylation sites is 2. The first kappa shape index (κ1) is 26.4. The summed E-state index contributed by atoms with van der Waals surface area (Å²) < 4.78 is 0. The van der Waals surface area contributed by atoms with E-state index in [2.05, 4.69) is 0 Å². The van der Waals surface area contributed by atoms with Gasteiger partial charge in [0.1, 0.15) is 0 Å². The van der Waals surface area contributed by atoms with Gasteiger partial charge in [0.25, 0.3) is 0 Å². The normalized spacial score (nSPS) is 11.7. The van der Waals surface area contributed by atoms with Crippen LogP contribution in [0.2, 0.25) is 0 Å². The van der Waals surface area contributed by atoms with Gasteiger partial charge in [-0.15, -0.1) is 0 Å². The summed E-state index contributed by atoms with van der Waals surface area (Å²) in [6, 6.07) is 45.5. The van der Waals surface area contributed by atoms with E-state index in [1.807, 2.05) is 146 Å². The standard InChI is InChI=1S/C36H28N2O2/c39-35(29-19-9-3-10-20-29)25-33(27-15-5-1-6-16-27)37-31-23-13-14-24-32(31)38-34(28-17-7-2-8-18-28)26-36(40)30-21-11-4-12-22-30/h1-24H,25-26H2. The van der Waals surface area contributed by atoms with Gasteiger partial charge < -0.3 is 0 Å². The first-order chi connectivity index (χ1) is 19.7. The van der Waals surface area contributed by atoms with Crippen molar-refractivity contribution in [2.45, 2.75) is 12.8 Å². The number of ketones is 2. The zero-order valence-electron chi connectivity index (χ0n) is 22.0. The molecule has 0 saturated heterocycles. The lowest BCUT2D eigenvalue weighted by Crippen LogP contribution is -2.10. The molecule has 0 spiro atoms. The van der Waals surface area contributed by atoms with Gasteiger partial charge in [-0.3, -0.25) is 19.6 Å². The largest absolute Gasteiger partial charge is 0.294 e. The Balaban J connectivity index is 1.55. The van der Waals surface area contributed by atoms with Crippen molar-refractivity contribution in [2.75, 3.05) is 0 Å². The quantitative estimate of drug-likeness (QED) is 0.137. The molecule has 0 saturated carbocycles. The van der Waals surface area contributed by atoms with Crippen molar-refractivity contribution >= 4 is 34.4 Å². The van der Waals surface area contributed by atoms with Gasteiger partial charge in [0.2, 0.25) is 0 Å². The zero-order chi connectivity index (χ0) is 27.6. The average Bonchev–Trinajstić information content (AvgIpc) is 3.03. The Bertz CT molecular complexity index is 1520. The van der Waals surface area contributed by atoms with E-state index in [1.165, 1.54) is 0 Å². The molecule has 0 aliphatic rings. The molecule has 0 atom stereocenters. The summed E-state index contributed by atoms with van der Waals surface area (Å²) in [4.78, 5) is 36.3. The van der Waals surface area contributed by atoms with Gasteiger partial charge in [-0.1, -0.05) is 133 Å². The lowest BCUT2D eigenvalue weighted by molar-refractivity contribution is 0.0992. The number of nitrogens with zero attached hydrogens (tertiary/aromatic N) is 2. The van der Waals surface area contributed by atoms with Gasteiger partial charge >= 0.3 is 0 Å². The lowest BCUT2D eigenvalue weighted by atomic mass is 10.00. The molecule has 5 aromatic rings. The molecule has 0 heterocycles. The van der Waals surface area contributed by atoms with Crippen molar-refractivity contribution in [1.29, 1.82) is 0 Å². The van der Waals surface area contributed by atoms with Gasteiger partial charge in [-0.05, 0) is 23.3 Å². The Kier molecular flexibility index (Phi) is 8.60. The Morgan fingerprint density at radius 1 is 0.375 bits per heavy atom. The van der Waals surface area contributed by atoms with Crippen LogP contribution in [0.4, 0.5) is 11.4 Å². The number of rotatable bonds is 10. The van der Waals surface area contributed by atoms with Gasteiger partial charge in [-0.2, -0.15) is 0 Å². The molecular formula is C36H28N2O2. The molecule has 0 unspecified atom stereocenters. The molecule has 0 aliphatic carbocycles. The Morgan fingerprint density at radius 3 is 0.975 bits per heavy atom.